The van der Waals surface area contributed by atoms with Gasteiger partial charge in [0.15, 0.2) is 0 Å². The maximum absolute atomic E-state index is 8.74. The van der Waals surface area contributed by atoms with Gasteiger partial charge < -0.3 is 19.7 Å². The van der Waals surface area contributed by atoms with Gasteiger partial charge in [-0.1, -0.05) is 35.9 Å². The number of methoxy groups -OCH3 is 2. The van der Waals surface area contributed by atoms with Crippen LogP contribution in [0.25, 0.3) is 0 Å². The molecule has 4 nitrogen and oxygen atoms in total. The minimum Gasteiger partial charge on any atom is -0.388 e. The van der Waals surface area contributed by atoms with Gasteiger partial charge in [0.05, 0.1) is 0 Å². The molecule has 0 fully saturated rings. The van der Waals surface area contributed by atoms with Crippen LogP contribution in [0.5, 0.6) is 0 Å². The number of benzene rings is 1. The summed E-state index contributed by atoms with van der Waals surface area (Å²) in [5.41, 5.74) is 1.32. The van der Waals surface area contributed by atoms with E-state index in [2.05, 4.69) is 28.5 Å². The molecule has 0 atom stereocenters. The number of hydrogen-bond donors (Lipinski definition) is 2. The lowest BCUT2D eigenvalue weighted by molar-refractivity contribution is -0.352. The average Bonchev–Trinajstić information content (AvgIpc) is 2.30. The van der Waals surface area contributed by atoms with Gasteiger partial charge in [-0.05, 0) is 6.92 Å². The van der Waals surface area contributed by atoms with Crippen LogP contribution in [0.1, 0.15) is 5.56 Å². The van der Waals surface area contributed by atoms with Crippen LogP contribution >= 0.6 is 0 Å². The van der Waals surface area contributed by atoms with Crippen molar-refractivity contribution in [2.24, 2.45) is 0 Å². The second-order valence-electron chi connectivity index (χ2n) is 2.93. The van der Waals surface area contributed by atoms with Gasteiger partial charge in [0.1, 0.15) is 6.61 Å². The second-order valence-corrected chi connectivity index (χ2v) is 2.93. The fourth-order valence-electron chi connectivity index (χ4n) is 0.747. The van der Waals surface area contributed by atoms with Crippen molar-refractivity contribution < 1.29 is 19.7 Å². The molecule has 0 saturated carbocycles. The fraction of sp³-hybridized carbons (Fsp3) is 0.455. The summed E-state index contributed by atoms with van der Waals surface area (Å²) in [6.45, 7) is 1.51. The molecule has 2 N–H and O–H groups in total. The molecule has 4 heteroatoms. The van der Waals surface area contributed by atoms with Gasteiger partial charge in [0, 0.05) is 14.2 Å². The zero-order valence-electron chi connectivity index (χ0n) is 9.30. The van der Waals surface area contributed by atoms with Crippen LogP contribution < -0.4 is 0 Å². The standard InChI is InChI=1S/C7H8.C4H10O4/c1-7-5-3-2-4-6-7;1-7-4(6,3-5)8-2/h2-6H,1H3;5-6H,3H2,1-2H3. The maximum Gasteiger partial charge on any atom is 0.304 e. The number of aliphatic hydroxyl groups excluding tert-OH is 1. The molecular weight excluding hydrogens is 196 g/mol. The summed E-state index contributed by atoms with van der Waals surface area (Å²) in [6.07, 6.45) is 0. The van der Waals surface area contributed by atoms with Crippen LogP contribution in [0, 0.1) is 6.92 Å². The van der Waals surface area contributed by atoms with Gasteiger partial charge >= 0.3 is 5.97 Å². The van der Waals surface area contributed by atoms with Crippen molar-refractivity contribution in [2.45, 2.75) is 12.9 Å². The lowest BCUT2D eigenvalue weighted by Crippen LogP contribution is -2.37. The number of hydrogen-bond acceptors (Lipinski definition) is 4. The van der Waals surface area contributed by atoms with Crippen molar-refractivity contribution in [2.75, 3.05) is 20.8 Å². The summed E-state index contributed by atoms with van der Waals surface area (Å²) < 4.78 is 8.64. The highest BCUT2D eigenvalue weighted by atomic mass is 16.8. The van der Waals surface area contributed by atoms with Crippen molar-refractivity contribution in [3.05, 3.63) is 35.9 Å². The molecule has 0 aliphatic heterocycles. The molecule has 1 aromatic carbocycles. The van der Waals surface area contributed by atoms with E-state index in [1.807, 2.05) is 18.2 Å². The first kappa shape index (κ1) is 14.1. The maximum atomic E-state index is 8.74. The van der Waals surface area contributed by atoms with Gasteiger partial charge in [-0.25, -0.2) is 0 Å². The summed E-state index contributed by atoms with van der Waals surface area (Å²) >= 11 is 0. The summed E-state index contributed by atoms with van der Waals surface area (Å²) in [5.74, 6) is -1.82. The molecule has 15 heavy (non-hydrogen) atoms. The van der Waals surface area contributed by atoms with E-state index in [4.69, 9.17) is 10.2 Å². The Bertz CT molecular complexity index is 236. The largest absolute Gasteiger partial charge is 0.388 e. The van der Waals surface area contributed by atoms with Gasteiger partial charge in [-0.15, -0.1) is 0 Å². The molecule has 0 heterocycles. The monoisotopic (exact) mass is 214 g/mol. The first-order valence-corrected chi connectivity index (χ1v) is 4.53. The van der Waals surface area contributed by atoms with Crippen molar-refractivity contribution in [3.8, 4) is 0 Å². The minimum atomic E-state index is -1.82. The Balaban J connectivity index is 0.000000262. The fourth-order valence-corrected chi connectivity index (χ4v) is 0.747. The summed E-state index contributed by atoms with van der Waals surface area (Å²) in [7, 11) is 2.47. The third-order valence-electron chi connectivity index (χ3n) is 1.78. The molecule has 0 bridgehead atoms. The Morgan fingerprint density at radius 2 is 1.60 bits per heavy atom. The molecule has 86 valence electrons. The summed E-state index contributed by atoms with van der Waals surface area (Å²) in [4.78, 5) is 0. The Labute approximate surface area is 90.1 Å². The third kappa shape index (κ3) is 6.19. The zero-order chi connectivity index (χ0) is 11.7. The number of ether oxygens (including phenoxy) is 2. The highest BCUT2D eigenvalue weighted by Gasteiger charge is 2.23. The second kappa shape index (κ2) is 7.36. The third-order valence-corrected chi connectivity index (χ3v) is 1.78. The molecule has 0 spiro atoms. The zero-order valence-corrected chi connectivity index (χ0v) is 9.30. The SMILES string of the molecule is COC(O)(CO)OC.Cc1ccccc1. The Hall–Kier alpha value is -0.940. The van der Waals surface area contributed by atoms with Crippen LogP contribution in [0.2, 0.25) is 0 Å². The van der Waals surface area contributed by atoms with E-state index in [-0.39, 0.29) is 0 Å². The van der Waals surface area contributed by atoms with Gasteiger partial charge in [-0.2, -0.15) is 0 Å². The lowest BCUT2D eigenvalue weighted by atomic mass is 10.2. The molecule has 0 saturated heterocycles. The number of aryl methyl sites for hydroxylation is 1. The van der Waals surface area contributed by atoms with Gasteiger partial charge in [-0.3, -0.25) is 0 Å². The van der Waals surface area contributed by atoms with E-state index in [9.17, 15) is 0 Å². The van der Waals surface area contributed by atoms with Crippen molar-refractivity contribution in [1.82, 2.24) is 0 Å². The van der Waals surface area contributed by atoms with E-state index < -0.39 is 12.6 Å². The van der Waals surface area contributed by atoms with Crippen LogP contribution in [0.3, 0.4) is 0 Å². The molecule has 1 aromatic rings. The van der Waals surface area contributed by atoms with Crippen LogP contribution in [-0.2, 0) is 9.47 Å². The molecule has 1 rings (SSSR count). The van der Waals surface area contributed by atoms with Gasteiger partial charge in [0.2, 0.25) is 0 Å². The van der Waals surface area contributed by atoms with Crippen molar-refractivity contribution >= 4 is 0 Å². The predicted molar refractivity (Wildman–Crippen MR) is 57.2 cm³/mol. The molecule has 0 radical (unpaired) electrons. The van der Waals surface area contributed by atoms with Crippen LogP contribution in [-0.4, -0.2) is 37.0 Å². The Kier molecular flexibility index (Phi) is 6.90. The van der Waals surface area contributed by atoms with Crippen LogP contribution in [0.4, 0.5) is 0 Å². The summed E-state index contributed by atoms with van der Waals surface area (Å²) in [6, 6.07) is 10.3. The highest BCUT2D eigenvalue weighted by Crippen LogP contribution is 2.02. The van der Waals surface area contributed by atoms with E-state index in [1.165, 1.54) is 19.8 Å². The topological polar surface area (TPSA) is 58.9 Å². The lowest BCUT2D eigenvalue weighted by Gasteiger charge is -2.20. The molecule has 0 amide bonds. The molecule has 0 aliphatic carbocycles. The molecule has 0 aliphatic rings. The number of aliphatic hydroxyl groups is 2. The van der Waals surface area contributed by atoms with Gasteiger partial charge in [0.25, 0.3) is 0 Å². The Morgan fingerprint density at radius 3 is 1.73 bits per heavy atom. The first-order valence-electron chi connectivity index (χ1n) is 4.53. The molecular formula is C11H18O4. The van der Waals surface area contributed by atoms with Crippen LogP contribution in [0.15, 0.2) is 30.3 Å². The first-order chi connectivity index (χ1) is 7.08. The summed E-state index contributed by atoms with van der Waals surface area (Å²) in [5, 5.41) is 17.0. The van der Waals surface area contributed by atoms with Crippen molar-refractivity contribution in [1.29, 1.82) is 0 Å². The minimum absolute atomic E-state index is 0.569. The number of rotatable bonds is 3. The molecule has 0 unspecified atom stereocenters. The Morgan fingerprint density at radius 1 is 1.13 bits per heavy atom. The average molecular weight is 214 g/mol. The van der Waals surface area contributed by atoms with E-state index in [0.717, 1.165) is 0 Å². The van der Waals surface area contributed by atoms with Crippen molar-refractivity contribution in [3.63, 3.8) is 0 Å². The highest BCUT2D eigenvalue weighted by molar-refractivity contribution is 5.11. The van der Waals surface area contributed by atoms with E-state index >= 15 is 0 Å². The van der Waals surface area contributed by atoms with E-state index in [0.29, 0.717) is 0 Å². The molecule has 0 aromatic heterocycles. The quantitative estimate of drug-likeness (QED) is 0.734. The smallest absolute Gasteiger partial charge is 0.304 e. The van der Waals surface area contributed by atoms with E-state index in [1.54, 1.807) is 0 Å². The predicted octanol–water partition coefficient (Wildman–Crippen LogP) is 0.913. The normalized spacial score (nSPS) is 10.5.